The zero-order chi connectivity index (χ0) is 22.1. The van der Waals surface area contributed by atoms with Gasteiger partial charge in [0.05, 0.1) is 13.7 Å². The van der Waals surface area contributed by atoms with E-state index in [0.717, 1.165) is 16.2 Å². The molecule has 4 rings (SSSR count). The number of esters is 1. The lowest BCUT2D eigenvalue weighted by Crippen LogP contribution is -2.30. The smallest absolute Gasteiger partial charge is 0.373 e. The second kappa shape index (κ2) is 8.16. The maximum absolute atomic E-state index is 12.8. The standard InChI is InChI=1S/C22H18ClN3O5/c1-13-10-15(5-7-17(13)23)25-9-3-4-14(25)11-18-20(27)26(22(29)24-18)12-16-6-8-19(31-16)21(28)30-2/h3-11H,12H2,1-2H3,(H,24,29)/b18-11-. The summed E-state index contributed by atoms with van der Waals surface area (Å²) in [4.78, 5) is 37.7. The number of ether oxygens (including phenoxy) is 1. The summed E-state index contributed by atoms with van der Waals surface area (Å²) in [6, 6.07) is 11.6. The number of methoxy groups -OCH3 is 1. The Morgan fingerprint density at radius 2 is 2.03 bits per heavy atom. The van der Waals surface area contributed by atoms with Gasteiger partial charge in [-0.25, -0.2) is 9.59 Å². The summed E-state index contributed by atoms with van der Waals surface area (Å²) < 4.78 is 11.8. The molecule has 1 aliphatic heterocycles. The maximum atomic E-state index is 12.8. The van der Waals surface area contributed by atoms with Crippen LogP contribution in [0.1, 0.15) is 27.6 Å². The Bertz CT molecular complexity index is 1220. The van der Waals surface area contributed by atoms with Crippen LogP contribution in [0.3, 0.4) is 0 Å². The van der Waals surface area contributed by atoms with Crippen LogP contribution in [0.2, 0.25) is 5.02 Å². The fraction of sp³-hybridized carbons (Fsp3) is 0.136. The van der Waals surface area contributed by atoms with E-state index in [4.69, 9.17) is 16.0 Å². The van der Waals surface area contributed by atoms with Crippen molar-refractivity contribution >= 4 is 35.6 Å². The Morgan fingerprint density at radius 3 is 2.77 bits per heavy atom. The quantitative estimate of drug-likeness (QED) is 0.369. The average molecular weight is 440 g/mol. The number of aryl methyl sites for hydroxylation is 1. The fourth-order valence-electron chi connectivity index (χ4n) is 3.22. The Morgan fingerprint density at radius 1 is 1.23 bits per heavy atom. The molecule has 0 bridgehead atoms. The third-order valence-corrected chi connectivity index (χ3v) is 5.24. The number of furan rings is 1. The van der Waals surface area contributed by atoms with Crippen molar-refractivity contribution in [2.75, 3.05) is 7.11 Å². The Balaban J connectivity index is 1.57. The number of nitrogens with zero attached hydrogens (tertiary/aromatic N) is 2. The number of aromatic nitrogens is 1. The normalized spacial score (nSPS) is 14.9. The van der Waals surface area contributed by atoms with E-state index in [2.05, 4.69) is 10.1 Å². The Kier molecular flexibility index (Phi) is 5.39. The van der Waals surface area contributed by atoms with Gasteiger partial charge in [0, 0.05) is 22.6 Å². The van der Waals surface area contributed by atoms with Crippen molar-refractivity contribution in [3.05, 3.63) is 82.2 Å². The highest BCUT2D eigenvalue weighted by molar-refractivity contribution is 6.31. The van der Waals surface area contributed by atoms with Crippen LogP contribution in [0.4, 0.5) is 4.79 Å². The fourth-order valence-corrected chi connectivity index (χ4v) is 3.34. The lowest BCUT2D eigenvalue weighted by atomic mass is 10.2. The molecule has 8 nitrogen and oxygen atoms in total. The van der Waals surface area contributed by atoms with Gasteiger partial charge in [-0.2, -0.15) is 0 Å². The van der Waals surface area contributed by atoms with Crippen molar-refractivity contribution in [3.8, 4) is 5.69 Å². The van der Waals surface area contributed by atoms with E-state index in [-0.39, 0.29) is 23.8 Å². The van der Waals surface area contributed by atoms with E-state index in [1.807, 2.05) is 42.0 Å². The van der Waals surface area contributed by atoms with Crippen LogP contribution in [0.5, 0.6) is 0 Å². The predicted molar refractivity (Wildman–Crippen MR) is 113 cm³/mol. The highest BCUT2D eigenvalue weighted by Crippen LogP contribution is 2.23. The Hall–Kier alpha value is -3.78. The van der Waals surface area contributed by atoms with E-state index in [9.17, 15) is 14.4 Å². The summed E-state index contributed by atoms with van der Waals surface area (Å²) in [5.41, 5.74) is 2.64. The number of hydrogen-bond donors (Lipinski definition) is 1. The van der Waals surface area contributed by atoms with Crippen LogP contribution in [-0.2, 0) is 16.1 Å². The molecule has 0 saturated carbocycles. The SMILES string of the molecule is COC(=O)c1ccc(CN2C(=O)N/C(=C\c3cccn3-c3ccc(Cl)c(C)c3)C2=O)o1. The minimum absolute atomic E-state index is 0.00333. The monoisotopic (exact) mass is 439 g/mol. The molecular formula is C22H18ClN3O5. The first kappa shape index (κ1) is 20.5. The zero-order valence-electron chi connectivity index (χ0n) is 16.7. The largest absolute Gasteiger partial charge is 0.463 e. The third-order valence-electron chi connectivity index (χ3n) is 4.82. The van der Waals surface area contributed by atoms with Gasteiger partial charge in [0.15, 0.2) is 0 Å². The molecule has 1 aromatic carbocycles. The first-order valence-electron chi connectivity index (χ1n) is 9.33. The summed E-state index contributed by atoms with van der Waals surface area (Å²) in [6.45, 7) is 1.79. The molecule has 1 aliphatic rings. The molecule has 1 saturated heterocycles. The summed E-state index contributed by atoms with van der Waals surface area (Å²) in [5.74, 6) is -0.857. The first-order valence-corrected chi connectivity index (χ1v) is 9.70. The van der Waals surface area contributed by atoms with Crippen molar-refractivity contribution in [2.45, 2.75) is 13.5 Å². The molecule has 3 heterocycles. The van der Waals surface area contributed by atoms with Gasteiger partial charge in [-0.15, -0.1) is 0 Å². The topological polar surface area (TPSA) is 93.8 Å². The van der Waals surface area contributed by atoms with Crippen molar-refractivity contribution in [1.82, 2.24) is 14.8 Å². The van der Waals surface area contributed by atoms with Crippen LogP contribution >= 0.6 is 11.6 Å². The molecule has 0 radical (unpaired) electrons. The van der Waals surface area contributed by atoms with Crippen LogP contribution in [0, 0.1) is 6.92 Å². The van der Waals surface area contributed by atoms with Gasteiger partial charge in [0.2, 0.25) is 5.76 Å². The number of hydrogen-bond acceptors (Lipinski definition) is 5. The first-order chi connectivity index (χ1) is 14.9. The molecule has 31 heavy (non-hydrogen) atoms. The minimum Gasteiger partial charge on any atom is -0.463 e. The number of nitrogens with one attached hydrogen (secondary N) is 1. The van der Waals surface area contributed by atoms with Crippen LogP contribution < -0.4 is 5.32 Å². The molecular weight excluding hydrogens is 422 g/mol. The van der Waals surface area contributed by atoms with E-state index >= 15 is 0 Å². The Labute approximate surface area is 182 Å². The number of benzene rings is 1. The molecule has 0 spiro atoms. The van der Waals surface area contributed by atoms with E-state index in [1.54, 1.807) is 12.1 Å². The van der Waals surface area contributed by atoms with Gasteiger partial charge >= 0.3 is 12.0 Å². The number of carbonyl (C=O) groups is 3. The van der Waals surface area contributed by atoms with Gasteiger partial charge in [0.1, 0.15) is 11.5 Å². The number of urea groups is 1. The van der Waals surface area contributed by atoms with Crippen molar-refractivity contribution < 1.29 is 23.5 Å². The van der Waals surface area contributed by atoms with E-state index < -0.39 is 17.9 Å². The van der Waals surface area contributed by atoms with Crippen molar-refractivity contribution in [1.29, 1.82) is 0 Å². The minimum atomic E-state index is -0.637. The number of carbonyl (C=O) groups excluding carboxylic acids is 3. The lowest BCUT2D eigenvalue weighted by Gasteiger charge is -2.10. The summed E-state index contributed by atoms with van der Waals surface area (Å²) >= 11 is 6.11. The van der Waals surface area contributed by atoms with Crippen LogP contribution in [0.25, 0.3) is 11.8 Å². The van der Waals surface area contributed by atoms with Crippen LogP contribution in [0.15, 0.2) is 58.8 Å². The maximum Gasteiger partial charge on any atom is 0.373 e. The number of amides is 3. The van der Waals surface area contributed by atoms with Gasteiger partial charge in [-0.3, -0.25) is 9.69 Å². The summed E-state index contributed by atoms with van der Waals surface area (Å²) in [6.07, 6.45) is 3.46. The third kappa shape index (κ3) is 3.97. The molecule has 9 heteroatoms. The highest BCUT2D eigenvalue weighted by Gasteiger charge is 2.34. The van der Waals surface area contributed by atoms with Crippen molar-refractivity contribution in [2.24, 2.45) is 0 Å². The van der Waals surface area contributed by atoms with Crippen LogP contribution in [-0.4, -0.2) is 34.5 Å². The molecule has 3 amide bonds. The molecule has 0 aliphatic carbocycles. The molecule has 1 N–H and O–H groups in total. The molecule has 2 aromatic heterocycles. The predicted octanol–water partition coefficient (Wildman–Crippen LogP) is 3.91. The second-order valence-electron chi connectivity index (χ2n) is 6.87. The summed E-state index contributed by atoms with van der Waals surface area (Å²) in [7, 11) is 1.24. The van der Waals surface area contributed by atoms with E-state index in [0.29, 0.717) is 10.7 Å². The molecule has 0 atom stereocenters. The second-order valence-corrected chi connectivity index (χ2v) is 7.28. The molecule has 0 unspecified atom stereocenters. The summed E-state index contributed by atoms with van der Waals surface area (Å²) in [5, 5.41) is 3.25. The zero-order valence-corrected chi connectivity index (χ0v) is 17.5. The number of imide groups is 1. The van der Waals surface area contributed by atoms with Crippen molar-refractivity contribution in [3.63, 3.8) is 0 Å². The van der Waals surface area contributed by atoms with Gasteiger partial charge in [0.25, 0.3) is 5.91 Å². The molecule has 3 aromatic rings. The lowest BCUT2D eigenvalue weighted by molar-refractivity contribution is -0.123. The van der Waals surface area contributed by atoms with Gasteiger partial charge < -0.3 is 19.0 Å². The van der Waals surface area contributed by atoms with Gasteiger partial charge in [-0.1, -0.05) is 11.6 Å². The number of halogens is 1. The number of rotatable bonds is 5. The highest BCUT2D eigenvalue weighted by atomic mass is 35.5. The van der Waals surface area contributed by atoms with E-state index in [1.165, 1.54) is 19.2 Å². The molecule has 1 fully saturated rings. The molecule has 158 valence electrons. The van der Waals surface area contributed by atoms with Gasteiger partial charge in [-0.05, 0) is 61.0 Å². The average Bonchev–Trinajstić information content (AvgIpc) is 3.47.